The predicted molar refractivity (Wildman–Crippen MR) is 300 cm³/mol. The van der Waals surface area contributed by atoms with Crippen molar-refractivity contribution in [2.45, 2.75) is 263 Å². The summed E-state index contributed by atoms with van der Waals surface area (Å²) in [6.07, 6.45) is -3.61. The van der Waals surface area contributed by atoms with Crippen LogP contribution >= 0.6 is 0 Å². The third-order valence-corrected chi connectivity index (χ3v) is 24.5. The Morgan fingerprint density at radius 3 is 1.64 bits per heavy atom. The summed E-state index contributed by atoms with van der Waals surface area (Å²) in [6, 6.07) is 17.8. The summed E-state index contributed by atoms with van der Waals surface area (Å²) >= 11 is 0. The zero-order valence-electron chi connectivity index (χ0n) is 50.2. The molecule has 14 nitrogen and oxygen atoms in total. The number of esters is 3. The Morgan fingerprint density at radius 2 is 1.17 bits per heavy atom. The van der Waals surface area contributed by atoms with Crippen LogP contribution in [0.4, 0.5) is 0 Å². The Hall–Kier alpha value is -3.46. The average Bonchev–Trinajstić information content (AvgIpc) is 3.94. The molecule has 0 radical (unpaired) electrons. The van der Waals surface area contributed by atoms with Crippen molar-refractivity contribution in [2.75, 3.05) is 7.11 Å². The molecule has 1 aliphatic carbocycles. The number of aliphatic hydroxyl groups is 1. The van der Waals surface area contributed by atoms with E-state index in [9.17, 15) is 5.11 Å². The molecule has 0 bridgehead atoms. The summed E-state index contributed by atoms with van der Waals surface area (Å²) in [5.74, 6) is -6.80. The van der Waals surface area contributed by atoms with Crippen LogP contribution in [0.5, 0.6) is 5.75 Å². The second-order valence-corrected chi connectivity index (χ2v) is 37.2. The molecule has 3 aliphatic rings. The van der Waals surface area contributed by atoms with Gasteiger partial charge in [0.15, 0.2) is 28.2 Å². The molecule has 2 aliphatic heterocycles. The molecule has 1 spiro atoms. The minimum Gasteiger partial charge on any atom is -0.497 e. The molecule has 0 amide bonds. The average molecular weight is 1100 g/mol. The zero-order valence-corrected chi connectivity index (χ0v) is 52.2. The fraction of sp³-hybridized carbons (Fsp3) is 0.717. The van der Waals surface area contributed by atoms with Gasteiger partial charge in [-0.05, 0) is 159 Å². The van der Waals surface area contributed by atoms with Crippen LogP contribution in [0.3, 0.4) is 0 Å². The van der Waals surface area contributed by atoms with Crippen LogP contribution in [-0.2, 0) is 69.4 Å². The molecule has 1 saturated carbocycles. The van der Waals surface area contributed by atoms with Gasteiger partial charge in [0, 0.05) is 19.3 Å². The summed E-state index contributed by atoms with van der Waals surface area (Å²) in [6.45, 7) is 42.6. The van der Waals surface area contributed by atoms with Crippen molar-refractivity contribution >= 4 is 34.5 Å². The molecule has 76 heavy (non-hydrogen) atoms. The number of hydrogen-bond donors (Lipinski definition) is 1. The van der Waals surface area contributed by atoms with Crippen molar-refractivity contribution in [3.05, 3.63) is 77.9 Å². The van der Waals surface area contributed by atoms with Crippen molar-refractivity contribution in [3.63, 3.8) is 0 Å². The fourth-order valence-electron chi connectivity index (χ4n) is 9.74. The highest BCUT2D eigenvalue weighted by atomic mass is 28.4. The number of rotatable bonds is 19. The standard InChI is InChI=1S/C60H96O14Si2/c1-40(45(41(2)38-42-28-24-23-25-29-42)66-39-43-30-32-44(65-18)33-31-43)34-37-58(64)46(71-75(19,20)55(12,13)14)47(72-76(21,22)56(15,16)17)59(74-58,50(62)69-53(6,7)8)60(51(63)70-54(9,10)11)48(49(61)68-52(3,4)5)67-57(73-60)35-26-27-36-57/h23-25,28-33,41,45-48,64H,1,26-27,34-39H2,2-22H3/t41-,45-,46-,47-,48-,58?,59+,60-/m1/s1. The first-order valence-electron chi connectivity index (χ1n) is 27.4. The third kappa shape index (κ3) is 14.1. The molecule has 1 unspecified atom stereocenters. The van der Waals surface area contributed by atoms with E-state index in [0.29, 0.717) is 24.8 Å². The van der Waals surface area contributed by atoms with Gasteiger partial charge in [0.25, 0.3) is 0 Å². The van der Waals surface area contributed by atoms with E-state index in [1.807, 2.05) is 89.4 Å². The maximum absolute atomic E-state index is 16.5. The van der Waals surface area contributed by atoms with Crippen molar-refractivity contribution in [2.24, 2.45) is 5.92 Å². The lowest BCUT2D eigenvalue weighted by molar-refractivity contribution is -0.302. The first-order valence-corrected chi connectivity index (χ1v) is 33.2. The second kappa shape index (κ2) is 22.6. The monoisotopic (exact) mass is 1100 g/mol. The van der Waals surface area contributed by atoms with E-state index in [0.717, 1.165) is 16.9 Å². The number of hydrogen-bond acceptors (Lipinski definition) is 14. The van der Waals surface area contributed by atoms with Gasteiger partial charge in [0.1, 0.15) is 34.8 Å². The number of benzene rings is 2. The molecule has 2 heterocycles. The smallest absolute Gasteiger partial charge is 0.346 e. The first kappa shape index (κ1) is 63.4. The molecular weight excluding hydrogens is 1000 g/mol. The number of carbonyl (C=O) groups excluding carboxylic acids is 3. The highest BCUT2D eigenvalue weighted by molar-refractivity contribution is 6.74. The molecule has 5 rings (SSSR count). The molecule has 2 saturated heterocycles. The van der Waals surface area contributed by atoms with Gasteiger partial charge < -0.3 is 51.9 Å². The topological polar surface area (TPSA) is 164 Å². The number of ether oxygens (including phenoxy) is 8. The van der Waals surface area contributed by atoms with Gasteiger partial charge in [0.05, 0.1) is 19.8 Å². The van der Waals surface area contributed by atoms with Crippen LogP contribution < -0.4 is 4.74 Å². The fourth-order valence-corrected chi connectivity index (χ4v) is 12.3. The van der Waals surface area contributed by atoms with Crippen LogP contribution in [0.15, 0.2) is 66.7 Å². The summed E-state index contributed by atoms with van der Waals surface area (Å²) in [5.41, 5.74) is -6.72. The van der Waals surface area contributed by atoms with Gasteiger partial charge in [-0.3, -0.25) is 0 Å². The molecule has 8 atom stereocenters. The maximum Gasteiger partial charge on any atom is 0.346 e. The van der Waals surface area contributed by atoms with Crippen molar-refractivity contribution in [1.82, 2.24) is 0 Å². The van der Waals surface area contributed by atoms with Crippen molar-refractivity contribution < 1.29 is 66.2 Å². The van der Waals surface area contributed by atoms with Gasteiger partial charge in [-0.25, -0.2) is 14.4 Å². The van der Waals surface area contributed by atoms with E-state index in [1.165, 1.54) is 0 Å². The lowest BCUT2D eigenvalue weighted by Crippen LogP contribution is -2.77. The first-order chi connectivity index (χ1) is 34.6. The van der Waals surface area contributed by atoms with Gasteiger partial charge in [-0.15, -0.1) is 0 Å². The summed E-state index contributed by atoms with van der Waals surface area (Å²) < 4.78 is 68.1. The Bertz CT molecular complexity index is 2330. The van der Waals surface area contributed by atoms with E-state index < -0.39 is 109 Å². The summed E-state index contributed by atoms with van der Waals surface area (Å²) in [4.78, 5) is 48.1. The zero-order chi connectivity index (χ0) is 57.5. The minimum absolute atomic E-state index is 0.0771. The van der Waals surface area contributed by atoms with Gasteiger partial charge >= 0.3 is 17.9 Å². The number of methoxy groups -OCH3 is 1. The van der Waals surface area contributed by atoms with E-state index >= 15 is 14.4 Å². The van der Waals surface area contributed by atoms with E-state index in [1.54, 1.807) is 69.4 Å². The van der Waals surface area contributed by atoms with Crippen LogP contribution in [0.1, 0.15) is 160 Å². The van der Waals surface area contributed by atoms with Crippen LogP contribution in [0.2, 0.25) is 36.3 Å². The minimum atomic E-state index is -3.22. The highest BCUT2D eigenvalue weighted by Gasteiger charge is 2.87. The quantitative estimate of drug-likeness (QED) is 0.0611. The Morgan fingerprint density at radius 1 is 0.684 bits per heavy atom. The molecule has 16 heteroatoms. The van der Waals surface area contributed by atoms with E-state index in [4.69, 9.17) is 46.7 Å². The molecule has 2 aromatic carbocycles. The molecule has 0 aromatic heterocycles. The lowest BCUT2D eigenvalue weighted by atomic mass is 9.73. The Labute approximate surface area is 458 Å². The SMILES string of the molecule is C=C(CCC1(O)O[C@@](C(=O)OC(C)(C)C)([C@@]2(C(=O)OC(C)(C)C)OC3(CCCC3)O[C@@H]2C(=O)OC(C)(C)C)[C@H](O[Si](C)(C)C(C)(C)C)[C@H]1O[Si](C)(C)C(C)(C)C)[C@@H](OCc1ccc(OC)cc1)[C@H](C)Cc1ccccc1. The van der Waals surface area contributed by atoms with Crippen molar-refractivity contribution in [3.8, 4) is 5.75 Å². The largest absolute Gasteiger partial charge is 0.497 e. The maximum atomic E-state index is 16.5. The summed E-state index contributed by atoms with van der Waals surface area (Å²) in [5, 5.41) is 13.2. The highest BCUT2D eigenvalue weighted by Crippen LogP contribution is 2.61. The Kier molecular flexibility index (Phi) is 18.8. The van der Waals surface area contributed by atoms with E-state index in [2.05, 4.69) is 46.4 Å². The molecule has 428 valence electrons. The lowest BCUT2D eigenvalue weighted by Gasteiger charge is -2.50. The predicted octanol–water partition coefficient (Wildman–Crippen LogP) is 12.5. The Balaban J connectivity index is 1.86. The number of carbonyl (C=O) groups is 3. The second-order valence-electron chi connectivity index (χ2n) is 27.7. The van der Waals surface area contributed by atoms with Gasteiger partial charge in [-0.1, -0.05) is 97.5 Å². The normalized spacial score (nSPS) is 26.3. The van der Waals surface area contributed by atoms with Gasteiger partial charge in [-0.2, -0.15) is 0 Å². The molecule has 1 N–H and O–H groups in total. The summed E-state index contributed by atoms with van der Waals surface area (Å²) in [7, 11) is -4.68. The van der Waals surface area contributed by atoms with Crippen LogP contribution in [0, 0.1) is 5.92 Å². The van der Waals surface area contributed by atoms with Crippen molar-refractivity contribution in [1.29, 1.82) is 0 Å². The van der Waals surface area contributed by atoms with E-state index in [-0.39, 0.29) is 38.2 Å². The molecular formula is C60H96O14Si2. The van der Waals surface area contributed by atoms with Gasteiger partial charge in [0.2, 0.25) is 17.3 Å². The third-order valence-electron chi connectivity index (χ3n) is 15.6. The van der Waals surface area contributed by atoms with Crippen LogP contribution in [-0.4, -0.2) is 111 Å². The molecule has 2 aromatic rings. The van der Waals surface area contributed by atoms with Crippen LogP contribution in [0.25, 0.3) is 0 Å². The molecule has 3 fully saturated rings.